The van der Waals surface area contributed by atoms with Crippen molar-refractivity contribution in [3.05, 3.63) is 23.4 Å². The van der Waals surface area contributed by atoms with Crippen LogP contribution in [0.15, 0.2) is 23.4 Å². The summed E-state index contributed by atoms with van der Waals surface area (Å²) < 4.78 is 5.38. The molecule has 0 radical (unpaired) electrons. The van der Waals surface area contributed by atoms with Crippen LogP contribution >= 0.6 is 0 Å². The molecule has 0 aromatic heterocycles. The molecule has 2 N–H and O–H groups in total. The Kier molecular flexibility index (Phi) is 2.14. The predicted molar refractivity (Wildman–Crippen MR) is 51.7 cm³/mol. The molecule has 2 aliphatic heterocycles. The molecule has 72 valence electrons. The highest BCUT2D eigenvalue weighted by Crippen LogP contribution is 2.46. The van der Waals surface area contributed by atoms with E-state index in [9.17, 15) is 0 Å². The van der Waals surface area contributed by atoms with E-state index in [1.54, 1.807) is 5.01 Å². The molecule has 0 aromatic rings. The van der Waals surface area contributed by atoms with Gasteiger partial charge in [0.05, 0.1) is 12.6 Å². The van der Waals surface area contributed by atoms with E-state index in [0.29, 0.717) is 12.2 Å². The van der Waals surface area contributed by atoms with Crippen molar-refractivity contribution in [1.29, 1.82) is 0 Å². The van der Waals surface area contributed by atoms with Gasteiger partial charge in [-0.1, -0.05) is 19.9 Å². The van der Waals surface area contributed by atoms with Crippen molar-refractivity contribution in [2.75, 3.05) is 6.54 Å². The molecular weight excluding hydrogens is 164 g/mol. The molecule has 3 nitrogen and oxygen atoms in total. The molecule has 2 heterocycles. The van der Waals surface area contributed by atoms with Crippen LogP contribution in [0.1, 0.15) is 20.3 Å². The lowest BCUT2D eigenvalue weighted by Crippen LogP contribution is -2.28. The Morgan fingerprint density at radius 2 is 2.31 bits per heavy atom. The van der Waals surface area contributed by atoms with Crippen molar-refractivity contribution in [1.82, 2.24) is 5.01 Å². The maximum absolute atomic E-state index is 5.63. The van der Waals surface area contributed by atoms with E-state index in [1.165, 1.54) is 11.1 Å². The SMILES string of the molecule is CC.NN1C=C2C(=CC1)CC1OC21. The normalized spacial score (nSPS) is 33.6. The van der Waals surface area contributed by atoms with Crippen LogP contribution in [0, 0.1) is 0 Å². The molecule has 2 unspecified atom stereocenters. The smallest absolute Gasteiger partial charge is 0.111 e. The highest BCUT2D eigenvalue weighted by molar-refractivity contribution is 5.46. The average molecular weight is 180 g/mol. The van der Waals surface area contributed by atoms with Crippen LogP contribution in [-0.4, -0.2) is 23.8 Å². The maximum atomic E-state index is 5.63. The fourth-order valence-corrected chi connectivity index (χ4v) is 1.89. The molecule has 13 heavy (non-hydrogen) atoms. The minimum absolute atomic E-state index is 0.382. The topological polar surface area (TPSA) is 41.8 Å². The van der Waals surface area contributed by atoms with E-state index in [0.717, 1.165) is 13.0 Å². The van der Waals surface area contributed by atoms with E-state index in [4.69, 9.17) is 10.6 Å². The van der Waals surface area contributed by atoms with E-state index in [-0.39, 0.29) is 0 Å². The average Bonchev–Trinajstić information content (AvgIpc) is 2.85. The third kappa shape index (κ3) is 1.38. The van der Waals surface area contributed by atoms with Gasteiger partial charge >= 0.3 is 0 Å². The molecule has 3 rings (SSSR count). The van der Waals surface area contributed by atoms with Gasteiger partial charge in [-0.15, -0.1) is 0 Å². The van der Waals surface area contributed by atoms with E-state index in [1.807, 2.05) is 20.0 Å². The van der Waals surface area contributed by atoms with Gasteiger partial charge in [0.15, 0.2) is 0 Å². The van der Waals surface area contributed by atoms with Gasteiger partial charge in [-0.05, 0) is 5.57 Å². The number of rotatable bonds is 0. The Morgan fingerprint density at radius 3 is 3.08 bits per heavy atom. The summed E-state index contributed by atoms with van der Waals surface area (Å²) in [5.41, 5.74) is 2.76. The summed E-state index contributed by atoms with van der Waals surface area (Å²) in [5.74, 6) is 5.63. The largest absolute Gasteiger partial charge is 0.364 e. The number of hydrogen-bond donors (Lipinski definition) is 1. The third-order valence-electron chi connectivity index (χ3n) is 2.53. The van der Waals surface area contributed by atoms with Gasteiger partial charge in [-0.25, -0.2) is 5.84 Å². The standard InChI is InChI=1S/C8H10N2O.C2H6/c9-10-2-1-5-3-7-8(11-7)6(5)4-10;1-2/h1,4,7-8H,2-3,9H2;1-2H3. The first-order chi connectivity index (χ1) is 6.34. The molecule has 3 aliphatic rings. The second-order valence-corrected chi connectivity index (χ2v) is 3.31. The van der Waals surface area contributed by atoms with Gasteiger partial charge in [0.1, 0.15) is 6.10 Å². The van der Waals surface area contributed by atoms with Crippen LogP contribution < -0.4 is 5.84 Å². The van der Waals surface area contributed by atoms with Crippen LogP contribution in [0.25, 0.3) is 0 Å². The Labute approximate surface area is 78.8 Å². The van der Waals surface area contributed by atoms with Crippen LogP contribution in [0.5, 0.6) is 0 Å². The fourth-order valence-electron chi connectivity index (χ4n) is 1.89. The van der Waals surface area contributed by atoms with Crippen molar-refractivity contribution < 1.29 is 4.74 Å². The fraction of sp³-hybridized carbons (Fsp3) is 0.600. The van der Waals surface area contributed by atoms with Crippen molar-refractivity contribution in [2.24, 2.45) is 5.84 Å². The predicted octanol–water partition coefficient (Wildman–Crippen LogP) is 1.18. The van der Waals surface area contributed by atoms with Gasteiger partial charge in [-0.2, -0.15) is 0 Å². The van der Waals surface area contributed by atoms with Crippen LogP contribution in [0.4, 0.5) is 0 Å². The second kappa shape index (κ2) is 3.16. The van der Waals surface area contributed by atoms with Crippen molar-refractivity contribution in [3.8, 4) is 0 Å². The molecular formula is C10H16N2O. The Hall–Kier alpha value is -0.800. The molecule has 0 aromatic carbocycles. The monoisotopic (exact) mass is 180 g/mol. The highest BCUT2D eigenvalue weighted by Gasteiger charge is 2.50. The summed E-state index contributed by atoms with van der Waals surface area (Å²) in [5, 5.41) is 1.71. The zero-order valence-corrected chi connectivity index (χ0v) is 8.16. The van der Waals surface area contributed by atoms with Crippen LogP contribution in [0.2, 0.25) is 0 Å². The van der Waals surface area contributed by atoms with Crippen LogP contribution in [-0.2, 0) is 4.74 Å². The lowest BCUT2D eigenvalue weighted by atomic mass is 10.1. The zero-order chi connectivity index (χ0) is 9.42. The number of ether oxygens (including phenoxy) is 1. The zero-order valence-electron chi connectivity index (χ0n) is 8.16. The van der Waals surface area contributed by atoms with E-state index in [2.05, 4.69) is 6.08 Å². The summed E-state index contributed by atoms with van der Waals surface area (Å²) in [6.45, 7) is 4.85. The van der Waals surface area contributed by atoms with Crippen molar-refractivity contribution in [3.63, 3.8) is 0 Å². The maximum Gasteiger partial charge on any atom is 0.111 e. The van der Waals surface area contributed by atoms with Crippen molar-refractivity contribution >= 4 is 0 Å². The molecule has 0 bridgehead atoms. The molecule has 2 fully saturated rings. The highest BCUT2D eigenvalue weighted by atomic mass is 16.6. The number of nitrogens with two attached hydrogens (primary N) is 1. The lowest BCUT2D eigenvalue weighted by molar-refractivity contribution is 0.357. The molecule has 0 amide bonds. The summed E-state index contributed by atoms with van der Waals surface area (Å²) in [6, 6.07) is 0. The first-order valence-electron chi connectivity index (χ1n) is 4.92. The van der Waals surface area contributed by atoms with Gasteiger partial charge in [0.2, 0.25) is 0 Å². The van der Waals surface area contributed by atoms with E-state index >= 15 is 0 Å². The minimum Gasteiger partial charge on any atom is -0.364 e. The molecule has 1 aliphatic carbocycles. The first-order valence-corrected chi connectivity index (χ1v) is 4.92. The number of hydrazine groups is 1. The van der Waals surface area contributed by atoms with Gasteiger partial charge < -0.3 is 9.75 Å². The Morgan fingerprint density at radius 1 is 1.54 bits per heavy atom. The summed E-state index contributed by atoms with van der Waals surface area (Å²) in [4.78, 5) is 0. The Bertz CT molecular complexity index is 270. The lowest BCUT2D eigenvalue weighted by Gasteiger charge is -2.19. The second-order valence-electron chi connectivity index (χ2n) is 3.31. The quantitative estimate of drug-likeness (QED) is 0.449. The van der Waals surface area contributed by atoms with Crippen LogP contribution in [0.3, 0.4) is 0 Å². The summed E-state index contributed by atoms with van der Waals surface area (Å²) >= 11 is 0. The molecule has 3 heteroatoms. The minimum atomic E-state index is 0.382. The third-order valence-corrected chi connectivity index (χ3v) is 2.53. The summed E-state index contributed by atoms with van der Waals surface area (Å²) in [7, 11) is 0. The van der Waals surface area contributed by atoms with Gasteiger partial charge in [0, 0.05) is 18.2 Å². The van der Waals surface area contributed by atoms with Gasteiger partial charge in [-0.3, -0.25) is 0 Å². The Balaban J connectivity index is 0.000000308. The number of hydrogen-bond acceptors (Lipinski definition) is 3. The summed E-state index contributed by atoms with van der Waals surface area (Å²) in [6.07, 6.45) is 6.17. The number of epoxide rings is 1. The number of fused-ring (bicyclic) bond motifs is 3. The molecule has 1 saturated carbocycles. The molecule has 2 atom stereocenters. The molecule has 0 spiro atoms. The van der Waals surface area contributed by atoms with E-state index < -0.39 is 0 Å². The number of nitrogens with zero attached hydrogens (tertiary/aromatic N) is 1. The molecule has 1 saturated heterocycles. The first kappa shape index (κ1) is 8.78. The van der Waals surface area contributed by atoms with Gasteiger partial charge in [0.25, 0.3) is 0 Å². The van der Waals surface area contributed by atoms with Crippen molar-refractivity contribution in [2.45, 2.75) is 32.5 Å².